The van der Waals surface area contributed by atoms with Crippen molar-refractivity contribution in [2.24, 2.45) is 4.99 Å². The van der Waals surface area contributed by atoms with Crippen LogP contribution in [-0.4, -0.2) is 80.4 Å². The number of aliphatic imine (C=N–C) groups is 1. The molecule has 2 fully saturated rings. The monoisotopic (exact) mass is 593 g/mol. The molecular weight excluding hydrogens is 558 g/mol. The molecule has 0 aliphatic carbocycles. The number of nitrogens with one attached hydrogen (secondary N) is 2. The van der Waals surface area contributed by atoms with Gasteiger partial charge in [0, 0.05) is 42.5 Å². The number of hydrogen-bond donors (Lipinski definition) is 2. The zero-order valence-electron chi connectivity index (χ0n) is 23.8. The molecule has 42 heavy (non-hydrogen) atoms. The molecule has 2 saturated heterocycles. The highest BCUT2D eigenvalue weighted by molar-refractivity contribution is 7.90. The highest BCUT2D eigenvalue weighted by Gasteiger charge is 2.30. The second-order valence-corrected chi connectivity index (χ2v) is 12.8. The number of sulfone groups is 1. The smallest absolute Gasteiger partial charge is 0.257 e. The van der Waals surface area contributed by atoms with Crippen LogP contribution in [0.3, 0.4) is 0 Å². The zero-order chi connectivity index (χ0) is 29.9. The van der Waals surface area contributed by atoms with E-state index in [9.17, 15) is 22.8 Å². The van der Waals surface area contributed by atoms with E-state index in [1.165, 1.54) is 24.3 Å². The van der Waals surface area contributed by atoms with Gasteiger partial charge in [0.15, 0.2) is 9.84 Å². The molecule has 3 amide bonds. The fourth-order valence-electron chi connectivity index (χ4n) is 5.28. The summed E-state index contributed by atoms with van der Waals surface area (Å²) in [5.41, 5.74) is 1.43. The third kappa shape index (κ3) is 6.99. The summed E-state index contributed by atoms with van der Waals surface area (Å²) in [5.74, 6) is -0.132. The van der Waals surface area contributed by atoms with Crippen LogP contribution in [0.4, 0.5) is 5.69 Å². The van der Waals surface area contributed by atoms with Crippen LogP contribution in [0.25, 0.3) is 11.0 Å². The first kappa shape index (κ1) is 29.3. The van der Waals surface area contributed by atoms with Gasteiger partial charge in [0.05, 0.1) is 11.4 Å². The van der Waals surface area contributed by atoms with Gasteiger partial charge >= 0.3 is 0 Å². The number of aryl methyl sites for hydroxylation is 1. The number of benzene rings is 2. The predicted octanol–water partition coefficient (Wildman–Crippen LogP) is 3.35. The van der Waals surface area contributed by atoms with Gasteiger partial charge in [0.25, 0.3) is 5.91 Å². The Morgan fingerprint density at radius 2 is 1.79 bits per heavy atom. The number of carbonyl (C=O) groups excluding carboxylic acids is 3. The average Bonchev–Trinajstić information content (AvgIpc) is 3.58. The van der Waals surface area contributed by atoms with Crippen LogP contribution in [0.1, 0.15) is 48.2 Å². The van der Waals surface area contributed by atoms with Crippen molar-refractivity contribution in [1.82, 2.24) is 15.1 Å². The number of furan rings is 1. The molecule has 1 atom stereocenters. The second kappa shape index (κ2) is 12.4. The Balaban J connectivity index is 1.42. The van der Waals surface area contributed by atoms with Gasteiger partial charge in [-0.1, -0.05) is 6.07 Å². The number of nitrogens with zero attached hydrogens (tertiary/aromatic N) is 3. The Morgan fingerprint density at radius 3 is 2.55 bits per heavy atom. The molecule has 11 nitrogen and oxygen atoms in total. The van der Waals surface area contributed by atoms with Crippen LogP contribution in [0.5, 0.6) is 0 Å². The van der Waals surface area contributed by atoms with Crippen molar-refractivity contribution in [1.29, 1.82) is 0 Å². The van der Waals surface area contributed by atoms with E-state index < -0.39 is 21.8 Å². The number of hydrogen-bond acceptors (Lipinski definition) is 7. The Kier molecular flexibility index (Phi) is 8.62. The summed E-state index contributed by atoms with van der Waals surface area (Å²) in [7, 11) is -3.53. The number of fused-ring (bicyclic) bond motifs is 1. The van der Waals surface area contributed by atoms with Crippen LogP contribution in [-0.2, 0) is 19.4 Å². The van der Waals surface area contributed by atoms with Gasteiger partial charge in [-0.15, -0.1) is 0 Å². The van der Waals surface area contributed by atoms with Crippen molar-refractivity contribution in [2.75, 3.05) is 37.8 Å². The molecule has 2 aliphatic rings. The maximum atomic E-state index is 13.6. The third-order valence-corrected chi connectivity index (χ3v) is 8.59. The van der Waals surface area contributed by atoms with E-state index in [2.05, 4.69) is 15.6 Å². The van der Waals surface area contributed by atoms with E-state index in [1.807, 2.05) is 19.1 Å². The van der Waals surface area contributed by atoms with Gasteiger partial charge in [-0.3, -0.25) is 19.7 Å². The molecule has 0 radical (unpaired) electrons. The fraction of sp³-hybridized carbons (Fsp3) is 0.400. The van der Waals surface area contributed by atoms with Crippen LogP contribution in [0.15, 0.2) is 62.8 Å². The molecule has 3 heterocycles. The van der Waals surface area contributed by atoms with E-state index in [-0.39, 0.29) is 34.8 Å². The van der Waals surface area contributed by atoms with Crippen LogP contribution < -0.4 is 10.6 Å². The highest BCUT2D eigenvalue weighted by Crippen LogP contribution is 2.23. The number of amides is 3. The standard InChI is InChI=1S/C30H35N5O6S/c1-20-16-22-17-23(11-12-26(22)41-20)31-30(33-28(37)21-8-7-9-24(18-21)42(2,39)40)32-25-10-3-4-15-35(29(25)38)19-27(36)34-13-5-6-14-34/h7-9,11-12,16-18,25H,3-6,10,13-15,19H2,1-2H3,(H2,31,32,33,37). The van der Waals surface area contributed by atoms with Crippen LogP contribution in [0, 0.1) is 6.92 Å². The minimum absolute atomic E-state index is 0.00870. The van der Waals surface area contributed by atoms with Crippen LogP contribution in [0.2, 0.25) is 0 Å². The summed E-state index contributed by atoms with van der Waals surface area (Å²) < 4.78 is 29.8. The maximum Gasteiger partial charge on any atom is 0.257 e. The summed E-state index contributed by atoms with van der Waals surface area (Å²) in [6, 6.07) is 12.2. The molecular formula is C30H35N5O6S. The van der Waals surface area contributed by atoms with E-state index in [4.69, 9.17) is 4.42 Å². The summed E-state index contributed by atoms with van der Waals surface area (Å²) in [4.78, 5) is 47.8. The molecule has 5 rings (SSSR count). The van der Waals surface area contributed by atoms with Crippen molar-refractivity contribution >= 4 is 50.2 Å². The topological polar surface area (TPSA) is 141 Å². The lowest BCUT2D eigenvalue weighted by Crippen LogP contribution is -2.45. The average molecular weight is 594 g/mol. The van der Waals surface area contributed by atoms with Crippen molar-refractivity contribution in [3.05, 3.63) is 59.9 Å². The maximum absolute atomic E-state index is 13.6. The molecule has 1 aromatic heterocycles. The van der Waals surface area contributed by atoms with Crippen molar-refractivity contribution < 1.29 is 27.2 Å². The quantitative estimate of drug-likeness (QED) is 0.330. The van der Waals surface area contributed by atoms with Gasteiger partial charge < -0.3 is 19.5 Å². The molecule has 2 N–H and O–H groups in total. The lowest BCUT2D eigenvalue weighted by molar-refractivity contribution is -0.140. The molecule has 222 valence electrons. The van der Waals surface area contributed by atoms with Gasteiger partial charge in [-0.05, 0) is 81.5 Å². The van der Waals surface area contributed by atoms with E-state index >= 15 is 0 Å². The minimum atomic E-state index is -3.53. The predicted molar refractivity (Wildman–Crippen MR) is 159 cm³/mol. The fourth-order valence-corrected chi connectivity index (χ4v) is 5.95. The Labute approximate surface area is 244 Å². The Morgan fingerprint density at radius 1 is 1.02 bits per heavy atom. The van der Waals surface area contributed by atoms with Gasteiger partial charge in [-0.2, -0.15) is 0 Å². The number of anilines is 1. The summed E-state index contributed by atoms with van der Waals surface area (Å²) in [6.07, 6.45) is 4.94. The molecule has 3 aromatic rings. The first-order valence-corrected chi connectivity index (χ1v) is 16.0. The van der Waals surface area contributed by atoms with Crippen molar-refractivity contribution in [3.63, 3.8) is 0 Å². The van der Waals surface area contributed by atoms with E-state index in [1.54, 1.807) is 21.9 Å². The van der Waals surface area contributed by atoms with Crippen molar-refractivity contribution in [2.45, 2.75) is 50.0 Å². The number of carbonyl (C=O) groups is 3. The van der Waals surface area contributed by atoms with Gasteiger partial charge in [0.2, 0.25) is 17.8 Å². The largest absolute Gasteiger partial charge is 0.461 e. The molecule has 0 bridgehead atoms. The zero-order valence-corrected chi connectivity index (χ0v) is 24.6. The summed E-state index contributed by atoms with van der Waals surface area (Å²) >= 11 is 0. The third-order valence-electron chi connectivity index (χ3n) is 7.48. The number of guanidine groups is 1. The molecule has 0 spiro atoms. The summed E-state index contributed by atoms with van der Waals surface area (Å²) in [5, 5.41) is 6.71. The molecule has 12 heteroatoms. The molecule has 2 aromatic carbocycles. The lowest BCUT2D eigenvalue weighted by Gasteiger charge is -2.25. The van der Waals surface area contributed by atoms with E-state index in [0.717, 1.165) is 43.1 Å². The summed E-state index contributed by atoms with van der Waals surface area (Å²) in [6.45, 7) is 3.75. The molecule has 1 unspecified atom stereocenters. The highest BCUT2D eigenvalue weighted by atomic mass is 32.2. The Hall–Kier alpha value is -4.19. The van der Waals surface area contributed by atoms with E-state index in [0.29, 0.717) is 37.3 Å². The second-order valence-electron chi connectivity index (χ2n) is 10.8. The first-order chi connectivity index (χ1) is 20.1. The first-order valence-electron chi connectivity index (χ1n) is 14.1. The van der Waals surface area contributed by atoms with Gasteiger partial charge in [-0.25, -0.2) is 13.4 Å². The minimum Gasteiger partial charge on any atom is -0.461 e. The SMILES string of the molecule is Cc1cc2cc(NC(=NC3CCCCN(CC(=O)N4CCCC4)C3=O)NC(=O)c3cccc(S(C)(=O)=O)c3)ccc2o1. The lowest BCUT2D eigenvalue weighted by atomic mass is 10.1. The normalized spacial score (nSPS) is 18.3. The molecule has 2 aliphatic heterocycles. The van der Waals surface area contributed by atoms with Gasteiger partial charge in [0.1, 0.15) is 17.4 Å². The number of likely N-dealkylation sites (tertiary alicyclic amines) is 2. The molecule has 0 saturated carbocycles. The Bertz CT molecular complexity index is 1640. The number of rotatable bonds is 6. The van der Waals surface area contributed by atoms with Crippen molar-refractivity contribution in [3.8, 4) is 0 Å². The van der Waals surface area contributed by atoms with Crippen LogP contribution >= 0.6 is 0 Å².